The smallest absolute Gasteiger partial charge is 0.340 e. The van der Waals surface area contributed by atoms with Crippen molar-refractivity contribution in [1.82, 2.24) is 9.36 Å². The molecule has 0 saturated heterocycles. The number of nitro benzene ring substituents is 1. The third kappa shape index (κ3) is 6.19. The first kappa shape index (κ1) is 30.0. The minimum absolute atomic E-state index is 0.108. The molecule has 0 aliphatic carbocycles. The normalized spacial score (nSPS) is 11.9. The fraction of sp³-hybridized carbons (Fsp3) is 0.148. The van der Waals surface area contributed by atoms with Gasteiger partial charge in [-0.15, -0.1) is 0 Å². The monoisotopic (exact) mass is 613 g/mol. The van der Waals surface area contributed by atoms with Gasteiger partial charge in [0.25, 0.3) is 27.2 Å². The molecule has 0 bridgehead atoms. The van der Waals surface area contributed by atoms with Crippen LogP contribution in [0, 0.1) is 17.0 Å². The first-order chi connectivity index (χ1) is 19.8. The number of rotatable bonds is 9. The molecule has 1 amide bonds. The number of halogens is 1. The van der Waals surface area contributed by atoms with Crippen LogP contribution in [0.15, 0.2) is 82.5 Å². The van der Waals surface area contributed by atoms with Crippen molar-refractivity contribution in [2.75, 3.05) is 10.0 Å². The van der Waals surface area contributed by atoms with E-state index in [1.165, 1.54) is 40.6 Å². The molecular formula is C27H24ClN5O8S. The zero-order valence-electron chi connectivity index (χ0n) is 22.4. The summed E-state index contributed by atoms with van der Waals surface area (Å²) in [5, 5.41) is 13.2. The van der Waals surface area contributed by atoms with E-state index in [4.69, 9.17) is 16.3 Å². The summed E-state index contributed by atoms with van der Waals surface area (Å²) in [5.74, 6) is -1.89. The summed E-state index contributed by atoms with van der Waals surface area (Å²) in [6.45, 7) is 2.83. The molecular weight excluding hydrogens is 590 g/mol. The van der Waals surface area contributed by atoms with Crippen molar-refractivity contribution in [1.29, 1.82) is 0 Å². The highest BCUT2D eigenvalue weighted by molar-refractivity contribution is 7.92. The van der Waals surface area contributed by atoms with Gasteiger partial charge < -0.3 is 10.1 Å². The average molecular weight is 614 g/mol. The molecule has 0 saturated carbocycles. The summed E-state index contributed by atoms with van der Waals surface area (Å²) in [5.41, 5.74) is -0.421. The van der Waals surface area contributed by atoms with Gasteiger partial charge in [-0.1, -0.05) is 35.9 Å². The molecule has 15 heteroatoms. The molecule has 3 aromatic carbocycles. The zero-order chi connectivity index (χ0) is 30.8. The summed E-state index contributed by atoms with van der Waals surface area (Å²) < 4.78 is 36.8. The van der Waals surface area contributed by atoms with E-state index in [2.05, 4.69) is 10.0 Å². The van der Waals surface area contributed by atoms with Crippen molar-refractivity contribution in [3.8, 4) is 5.69 Å². The van der Waals surface area contributed by atoms with Gasteiger partial charge in [-0.25, -0.2) is 17.9 Å². The van der Waals surface area contributed by atoms with Crippen molar-refractivity contribution in [3.63, 3.8) is 0 Å². The van der Waals surface area contributed by atoms with Crippen LogP contribution in [0.4, 0.5) is 17.1 Å². The molecule has 4 aromatic rings. The maximum absolute atomic E-state index is 13.3. The molecule has 0 spiro atoms. The number of hydrogen-bond donors (Lipinski definition) is 2. The Kier molecular flexibility index (Phi) is 8.49. The average Bonchev–Trinajstić information content (AvgIpc) is 3.16. The fourth-order valence-corrected chi connectivity index (χ4v) is 5.26. The Bertz CT molecular complexity index is 1870. The van der Waals surface area contributed by atoms with Gasteiger partial charge in [0.05, 0.1) is 31.8 Å². The van der Waals surface area contributed by atoms with E-state index in [0.29, 0.717) is 11.4 Å². The van der Waals surface area contributed by atoms with Crippen LogP contribution in [0.2, 0.25) is 5.02 Å². The largest absolute Gasteiger partial charge is 0.449 e. The molecule has 4 rings (SSSR count). The molecule has 1 heterocycles. The molecule has 42 heavy (non-hydrogen) atoms. The second-order valence-electron chi connectivity index (χ2n) is 9.03. The van der Waals surface area contributed by atoms with Gasteiger partial charge in [-0.3, -0.25) is 29.1 Å². The van der Waals surface area contributed by atoms with E-state index in [9.17, 15) is 32.9 Å². The molecule has 2 N–H and O–H groups in total. The lowest BCUT2D eigenvalue weighted by molar-refractivity contribution is -0.384. The number of ether oxygens (including phenoxy) is 1. The number of sulfonamides is 1. The Morgan fingerprint density at radius 2 is 1.74 bits per heavy atom. The van der Waals surface area contributed by atoms with Gasteiger partial charge in [-0.05, 0) is 50.2 Å². The second-order valence-corrected chi connectivity index (χ2v) is 11.1. The lowest BCUT2D eigenvalue weighted by Gasteiger charge is -2.15. The van der Waals surface area contributed by atoms with Crippen LogP contribution in [0.1, 0.15) is 23.0 Å². The van der Waals surface area contributed by atoms with Gasteiger partial charge in [0, 0.05) is 24.9 Å². The van der Waals surface area contributed by atoms with Crippen molar-refractivity contribution in [3.05, 3.63) is 110 Å². The molecule has 0 aliphatic rings. The van der Waals surface area contributed by atoms with Crippen LogP contribution >= 0.6 is 11.6 Å². The number of aromatic nitrogens is 2. The predicted octanol–water partition coefficient (Wildman–Crippen LogP) is 4.03. The lowest BCUT2D eigenvalue weighted by atomic mass is 10.2. The Labute approximate surface area is 244 Å². The molecule has 0 fully saturated rings. The summed E-state index contributed by atoms with van der Waals surface area (Å²) in [6, 6.07) is 17.1. The van der Waals surface area contributed by atoms with Crippen LogP contribution in [0.3, 0.4) is 0 Å². The number of nitro groups is 1. The third-order valence-corrected chi connectivity index (χ3v) is 7.91. The maximum Gasteiger partial charge on any atom is 0.340 e. The van der Waals surface area contributed by atoms with Crippen LogP contribution in [-0.4, -0.2) is 40.7 Å². The molecule has 218 valence electrons. The number of carbonyl (C=O) groups excluding carboxylic acids is 2. The molecule has 1 aromatic heterocycles. The van der Waals surface area contributed by atoms with E-state index < -0.39 is 38.5 Å². The molecule has 1 atom stereocenters. The van der Waals surface area contributed by atoms with Crippen LogP contribution in [0.5, 0.6) is 0 Å². The number of esters is 1. The Hall–Kier alpha value is -4.95. The minimum Gasteiger partial charge on any atom is -0.449 e. The Morgan fingerprint density at radius 3 is 2.40 bits per heavy atom. The molecule has 13 nitrogen and oxygen atoms in total. The maximum atomic E-state index is 13.3. The zero-order valence-corrected chi connectivity index (χ0v) is 24.0. The summed E-state index contributed by atoms with van der Waals surface area (Å²) in [7, 11) is -2.79. The van der Waals surface area contributed by atoms with Crippen molar-refractivity contribution in [2.45, 2.75) is 24.8 Å². The van der Waals surface area contributed by atoms with Gasteiger partial charge in [-0.2, -0.15) is 0 Å². The van der Waals surface area contributed by atoms with Gasteiger partial charge >= 0.3 is 5.97 Å². The van der Waals surface area contributed by atoms with Crippen LogP contribution in [-0.2, 0) is 26.6 Å². The highest BCUT2D eigenvalue weighted by Crippen LogP contribution is 2.25. The van der Waals surface area contributed by atoms with E-state index in [0.717, 1.165) is 18.2 Å². The number of non-ortho nitro benzene ring substituents is 1. The highest BCUT2D eigenvalue weighted by Gasteiger charge is 2.26. The van der Waals surface area contributed by atoms with Crippen LogP contribution < -0.4 is 15.6 Å². The number of amides is 1. The number of nitrogens with one attached hydrogen (secondary N) is 2. The van der Waals surface area contributed by atoms with E-state index >= 15 is 0 Å². The Morgan fingerprint density at radius 1 is 1.05 bits per heavy atom. The summed E-state index contributed by atoms with van der Waals surface area (Å²) >= 11 is 6.15. The number of benzene rings is 3. The molecule has 1 unspecified atom stereocenters. The van der Waals surface area contributed by atoms with E-state index in [1.54, 1.807) is 44.3 Å². The molecule has 0 radical (unpaired) electrons. The molecule has 0 aliphatic heterocycles. The number of hydrogen-bond acceptors (Lipinski definition) is 8. The van der Waals surface area contributed by atoms with Gasteiger partial charge in [0.2, 0.25) is 0 Å². The standard InChI is InChI=1S/C27H24ClN5O8S/c1-16-24(26(35)32(31(16)3)19-9-5-4-6-10-19)30-42(39,40)21-12-13-23(28)22(15-21)27(36)41-17(2)25(34)29-18-8-7-11-20(14-18)33(37)38/h4-15,17,30H,1-3H3,(H,29,34). The third-order valence-electron chi connectivity index (χ3n) is 6.24. The summed E-state index contributed by atoms with van der Waals surface area (Å²) in [6.07, 6.45) is -1.38. The van der Waals surface area contributed by atoms with E-state index in [-0.39, 0.29) is 32.5 Å². The van der Waals surface area contributed by atoms with Gasteiger partial charge in [0.15, 0.2) is 6.10 Å². The first-order valence-corrected chi connectivity index (χ1v) is 14.1. The summed E-state index contributed by atoms with van der Waals surface area (Å²) in [4.78, 5) is 48.5. The lowest BCUT2D eigenvalue weighted by Crippen LogP contribution is -2.30. The number of carbonyl (C=O) groups is 2. The number of anilines is 2. The van der Waals surface area contributed by atoms with E-state index in [1.807, 2.05) is 0 Å². The topological polar surface area (TPSA) is 172 Å². The van der Waals surface area contributed by atoms with Gasteiger partial charge in [0.1, 0.15) is 5.69 Å². The Balaban J connectivity index is 1.54. The highest BCUT2D eigenvalue weighted by atomic mass is 35.5. The predicted molar refractivity (Wildman–Crippen MR) is 155 cm³/mol. The first-order valence-electron chi connectivity index (χ1n) is 12.2. The second kappa shape index (κ2) is 11.9. The minimum atomic E-state index is -4.39. The number of para-hydroxylation sites is 1. The fourth-order valence-electron chi connectivity index (χ4n) is 3.93. The SMILES string of the molecule is Cc1c(NS(=O)(=O)c2ccc(Cl)c(C(=O)OC(C)C(=O)Nc3cccc([N+](=O)[O-])c3)c2)c(=O)n(-c2ccccc2)n1C. The van der Waals surface area contributed by atoms with Crippen LogP contribution in [0.25, 0.3) is 5.69 Å². The quantitative estimate of drug-likeness (QED) is 0.162. The van der Waals surface area contributed by atoms with Crippen molar-refractivity contribution >= 4 is 50.6 Å². The van der Waals surface area contributed by atoms with Crippen molar-refractivity contribution < 1.29 is 27.7 Å². The van der Waals surface area contributed by atoms with Crippen molar-refractivity contribution in [2.24, 2.45) is 7.05 Å². The number of nitrogens with zero attached hydrogens (tertiary/aromatic N) is 3.